The lowest BCUT2D eigenvalue weighted by atomic mass is 10.0. The third kappa shape index (κ3) is 3.42. The number of amides is 1. The van der Waals surface area contributed by atoms with Crippen LogP contribution in [-0.2, 0) is 11.2 Å². The van der Waals surface area contributed by atoms with Gasteiger partial charge >= 0.3 is 0 Å². The first-order chi connectivity index (χ1) is 12.3. The van der Waals surface area contributed by atoms with Crippen molar-refractivity contribution in [1.29, 1.82) is 0 Å². The molecule has 5 heteroatoms. The van der Waals surface area contributed by atoms with Crippen LogP contribution in [0.15, 0.2) is 59.3 Å². The molecule has 3 aromatic rings. The zero-order valence-corrected chi connectivity index (χ0v) is 14.0. The molecule has 5 nitrogen and oxygen atoms in total. The van der Waals surface area contributed by atoms with Crippen LogP contribution in [0.5, 0.6) is 0 Å². The van der Waals surface area contributed by atoms with Crippen molar-refractivity contribution >= 4 is 16.9 Å². The summed E-state index contributed by atoms with van der Waals surface area (Å²) in [6.07, 6.45) is 4.68. The lowest BCUT2D eigenvalue weighted by Crippen LogP contribution is -2.48. The van der Waals surface area contributed by atoms with Crippen LogP contribution in [0.2, 0.25) is 0 Å². The fourth-order valence-electron chi connectivity index (χ4n) is 3.41. The third-order valence-corrected chi connectivity index (χ3v) is 4.69. The van der Waals surface area contributed by atoms with E-state index in [0.717, 1.165) is 41.9 Å². The average Bonchev–Trinajstić information content (AvgIpc) is 3.10. The van der Waals surface area contributed by atoms with Crippen molar-refractivity contribution in [2.75, 3.05) is 19.6 Å². The predicted octanol–water partition coefficient (Wildman–Crippen LogP) is 2.93. The molecule has 0 aliphatic carbocycles. The van der Waals surface area contributed by atoms with E-state index in [1.807, 2.05) is 53.6 Å². The Kier molecular flexibility index (Phi) is 4.48. The number of benzene rings is 1. The minimum atomic E-state index is 0.0469. The van der Waals surface area contributed by atoms with Gasteiger partial charge in [-0.15, -0.1) is 0 Å². The van der Waals surface area contributed by atoms with Crippen LogP contribution in [0.1, 0.15) is 23.8 Å². The molecule has 25 heavy (non-hydrogen) atoms. The minimum Gasteiger partial charge on any atom is -0.461 e. The number of nitrogens with zero attached hydrogens (tertiary/aromatic N) is 2. The second-order valence-corrected chi connectivity index (χ2v) is 6.34. The van der Waals surface area contributed by atoms with Gasteiger partial charge in [-0.2, -0.15) is 0 Å². The number of nitrogens with one attached hydrogen (secondary N) is 1. The SMILES string of the molecule is O=C(CCc1cc2ccccc2o1)N1CCNCC1c1cccnc1. The Labute approximate surface area is 146 Å². The van der Waals surface area contributed by atoms with Gasteiger partial charge in [-0.25, -0.2) is 0 Å². The molecule has 1 saturated heterocycles. The van der Waals surface area contributed by atoms with Gasteiger partial charge in [0.05, 0.1) is 6.04 Å². The average molecular weight is 335 g/mol. The molecule has 0 spiro atoms. The summed E-state index contributed by atoms with van der Waals surface area (Å²) in [6.45, 7) is 2.31. The minimum absolute atomic E-state index is 0.0469. The van der Waals surface area contributed by atoms with Crippen LogP contribution in [0.3, 0.4) is 0 Å². The van der Waals surface area contributed by atoms with Crippen molar-refractivity contribution in [1.82, 2.24) is 15.2 Å². The lowest BCUT2D eigenvalue weighted by molar-refractivity contribution is -0.134. The van der Waals surface area contributed by atoms with Crippen LogP contribution < -0.4 is 5.32 Å². The molecule has 0 bridgehead atoms. The third-order valence-electron chi connectivity index (χ3n) is 4.69. The first-order valence-corrected chi connectivity index (χ1v) is 8.69. The van der Waals surface area contributed by atoms with E-state index in [2.05, 4.69) is 10.3 Å². The maximum absolute atomic E-state index is 12.8. The molecule has 1 amide bonds. The van der Waals surface area contributed by atoms with E-state index in [1.165, 1.54) is 0 Å². The van der Waals surface area contributed by atoms with Crippen molar-refractivity contribution in [2.24, 2.45) is 0 Å². The van der Waals surface area contributed by atoms with Gasteiger partial charge in [-0.3, -0.25) is 9.78 Å². The highest BCUT2D eigenvalue weighted by Gasteiger charge is 2.27. The number of aryl methyl sites for hydroxylation is 1. The molecule has 1 unspecified atom stereocenters. The Morgan fingerprint density at radius 2 is 2.20 bits per heavy atom. The summed E-state index contributed by atoms with van der Waals surface area (Å²) in [6, 6.07) is 14.0. The standard InChI is InChI=1S/C20H21N3O2/c24-20(8-7-17-12-15-4-1-2-6-19(15)25-17)23-11-10-22-14-18(23)16-5-3-9-21-13-16/h1-6,9,12-13,18,22H,7-8,10-11,14H2. The number of fused-ring (bicyclic) bond motifs is 1. The fourth-order valence-corrected chi connectivity index (χ4v) is 3.41. The zero-order valence-electron chi connectivity index (χ0n) is 14.0. The number of aromatic nitrogens is 1. The van der Waals surface area contributed by atoms with Gasteiger partial charge in [0.15, 0.2) is 0 Å². The van der Waals surface area contributed by atoms with E-state index in [0.29, 0.717) is 12.8 Å². The fraction of sp³-hybridized carbons (Fsp3) is 0.300. The highest BCUT2D eigenvalue weighted by molar-refractivity contribution is 5.79. The van der Waals surface area contributed by atoms with E-state index in [-0.39, 0.29) is 11.9 Å². The van der Waals surface area contributed by atoms with Gasteiger partial charge in [0, 0.05) is 50.3 Å². The largest absolute Gasteiger partial charge is 0.461 e. The molecule has 1 aromatic carbocycles. The molecular weight excluding hydrogens is 314 g/mol. The van der Waals surface area contributed by atoms with Gasteiger partial charge in [-0.1, -0.05) is 24.3 Å². The normalized spacial score (nSPS) is 17.8. The predicted molar refractivity (Wildman–Crippen MR) is 96.1 cm³/mol. The Balaban J connectivity index is 1.45. The van der Waals surface area contributed by atoms with Gasteiger partial charge in [0.25, 0.3) is 0 Å². The molecule has 128 valence electrons. The number of hydrogen-bond acceptors (Lipinski definition) is 4. The first kappa shape index (κ1) is 15.8. The van der Waals surface area contributed by atoms with Crippen LogP contribution >= 0.6 is 0 Å². The lowest BCUT2D eigenvalue weighted by Gasteiger charge is -2.36. The Morgan fingerprint density at radius 1 is 1.28 bits per heavy atom. The second kappa shape index (κ2) is 7.07. The van der Waals surface area contributed by atoms with Crippen LogP contribution in [0, 0.1) is 0 Å². The maximum atomic E-state index is 12.8. The van der Waals surface area contributed by atoms with E-state index in [1.54, 1.807) is 6.20 Å². The maximum Gasteiger partial charge on any atom is 0.223 e. The van der Waals surface area contributed by atoms with Crippen molar-refractivity contribution in [3.63, 3.8) is 0 Å². The van der Waals surface area contributed by atoms with Crippen molar-refractivity contribution in [3.8, 4) is 0 Å². The van der Waals surface area contributed by atoms with Crippen LogP contribution in [-0.4, -0.2) is 35.4 Å². The monoisotopic (exact) mass is 335 g/mol. The van der Waals surface area contributed by atoms with Crippen LogP contribution in [0.4, 0.5) is 0 Å². The molecule has 4 rings (SSSR count). The highest BCUT2D eigenvalue weighted by Crippen LogP contribution is 2.24. The summed E-state index contributed by atoms with van der Waals surface area (Å²) >= 11 is 0. The summed E-state index contributed by atoms with van der Waals surface area (Å²) in [7, 11) is 0. The molecule has 0 saturated carbocycles. The molecule has 1 atom stereocenters. The molecule has 0 radical (unpaired) electrons. The molecule has 1 N–H and O–H groups in total. The van der Waals surface area contributed by atoms with Gasteiger partial charge in [-0.05, 0) is 23.8 Å². The van der Waals surface area contributed by atoms with Gasteiger partial charge < -0.3 is 14.6 Å². The molecular formula is C20H21N3O2. The van der Waals surface area contributed by atoms with E-state index in [4.69, 9.17) is 4.42 Å². The number of rotatable bonds is 4. The van der Waals surface area contributed by atoms with E-state index in [9.17, 15) is 4.79 Å². The summed E-state index contributed by atoms with van der Waals surface area (Å²) in [5.41, 5.74) is 1.95. The van der Waals surface area contributed by atoms with Crippen molar-refractivity contribution in [2.45, 2.75) is 18.9 Å². The number of pyridine rings is 1. The summed E-state index contributed by atoms with van der Waals surface area (Å²) in [4.78, 5) is 19.0. The molecule has 1 fully saturated rings. The van der Waals surface area contributed by atoms with Crippen molar-refractivity contribution < 1.29 is 9.21 Å². The number of carbonyl (C=O) groups excluding carboxylic acids is 1. The number of carbonyl (C=O) groups is 1. The molecule has 1 aliphatic heterocycles. The Morgan fingerprint density at radius 3 is 3.04 bits per heavy atom. The van der Waals surface area contributed by atoms with E-state index >= 15 is 0 Å². The Bertz CT molecular complexity index is 827. The Hall–Kier alpha value is -2.66. The molecule has 2 aromatic heterocycles. The topological polar surface area (TPSA) is 58.4 Å². The zero-order chi connectivity index (χ0) is 17.1. The van der Waals surface area contributed by atoms with E-state index < -0.39 is 0 Å². The highest BCUT2D eigenvalue weighted by atomic mass is 16.3. The number of para-hydroxylation sites is 1. The quantitative estimate of drug-likeness (QED) is 0.796. The summed E-state index contributed by atoms with van der Waals surface area (Å²) in [5.74, 6) is 1.03. The number of piperazine rings is 1. The van der Waals surface area contributed by atoms with Crippen LogP contribution in [0.25, 0.3) is 11.0 Å². The second-order valence-electron chi connectivity index (χ2n) is 6.34. The first-order valence-electron chi connectivity index (χ1n) is 8.69. The number of hydrogen-bond donors (Lipinski definition) is 1. The van der Waals surface area contributed by atoms with Gasteiger partial charge in [0.1, 0.15) is 11.3 Å². The van der Waals surface area contributed by atoms with Crippen molar-refractivity contribution in [3.05, 3.63) is 66.2 Å². The summed E-state index contributed by atoms with van der Waals surface area (Å²) < 4.78 is 5.82. The summed E-state index contributed by atoms with van der Waals surface area (Å²) in [5, 5.41) is 4.45. The number of furan rings is 1. The smallest absolute Gasteiger partial charge is 0.223 e. The molecule has 1 aliphatic rings. The molecule has 3 heterocycles. The van der Waals surface area contributed by atoms with Gasteiger partial charge in [0.2, 0.25) is 5.91 Å².